The minimum absolute atomic E-state index is 0.343. The monoisotopic (exact) mass is 128 g/mol. The van der Waals surface area contributed by atoms with Crippen LogP contribution < -0.4 is 0 Å². The summed E-state index contributed by atoms with van der Waals surface area (Å²) in [7, 11) is 0. The summed E-state index contributed by atoms with van der Waals surface area (Å²) in [6, 6.07) is 0. The van der Waals surface area contributed by atoms with Crippen LogP contribution in [0.5, 0.6) is 0 Å². The molecule has 0 amide bonds. The SMILES string of the molecule is CC/C=C/[C@@H](C)C(=O)O. The number of aliphatic carboxylic acids is 1. The zero-order valence-corrected chi connectivity index (χ0v) is 5.79. The molecule has 1 N–H and O–H groups in total. The quantitative estimate of drug-likeness (QED) is 0.587. The molecule has 0 aliphatic rings. The van der Waals surface area contributed by atoms with Gasteiger partial charge in [0.15, 0.2) is 0 Å². The van der Waals surface area contributed by atoms with Crippen molar-refractivity contribution in [3.05, 3.63) is 12.2 Å². The zero-order chi connectivity index (χ0) is 7.28. The van der Waals surface area contributed by atoms with E-state index in [-0.39, 0.29) is 5.92 Å². The Morgan fingerprint density at radius 2 is 2.33 bits per heavy atom. The molecule has 2 nitrogen and oxygen atoms in total. The first-order valence-corrected chi connectivity index (χ1v) is 3.08. The van der Waals surface area contributed by atoms with Gasteiger partial charge in [-0.05, 0) is 13.3 Å². The van der Waals surface area contributed by atoms with Crippen molar-refractivity contribution >= 4 is 5.97 Å². The van der Waals surface area contributed by atoms with Crippen LogP contribution in [0.3, 0.4) is 0 Å². The third kappa shape index (κ3) is 3.76. The normalized spacial score (nSPS) is 14.0. The third-order valence-electron chi connectivity index (χ3n) is 1.05. The molecule has 2 heteroatoms. The molecule has 0 unspecified atom stereocenters. The average Bonchev–Trinajstić information content (AvgIpc) is 1.82. The summed E-state index contributed by atoms with van der Waals surface area (Å²) >= 11 is 0. The van der Waals surface area contributed by atoms with Crippen molar-refractivity contribution in [1.29, 1.82) is 0 Å². The van der Waals surface area contributed by atoms with Crippen LogP contribution >= 0.6 is 0 Å². The molecule has 0 aromatic rings. The number of allylic oxidation sites excluding steroid dienone is 1. The summed E-state index contributed by atoms with van der Waals surface area (Å²) < 4.78 is 0. The van der Waals surface area contributed by atoms with Crippen LogP contribution in [-0.2, 0) is 4.79 Å². The maximum atomic E-state index is 10.2. The van der Waals surface area contributed by atoms with E-state index in [0.29, 0.717) is 0 Å². The highest BCUT2D eigenvalue weighted by molar-refractivity contribution is 5.71. The van der Waals surface area contributed by atoms with Crippen LogP contribution in [0.1, 0.15) is 20.3 Å². The maximum Gasteiger partial charge on any atom is 0.310 e. The van der Waals surface area contributed by atoms with Gasteiger partial charge in [0, 0.05) is 0 Å². The molecule has 9 heavy (non-hydrogen) atoms. The molecule has 52 valence electrons. The second kappa shape index (κ2) is 4.13. The van der Waals surface area contributed by atoms with Gasteiger partial charge in [0.05, 0.1) is 5.92 Å². The van der Waals surface area contributed by atoms with Gasteiger partial charge in [-0.3, -0.25) is 4.79 Å². The van der Waals surface area contributed by atoms with E-state index in [1.165, 1.54) is 0 Å². The van der Waals surface area contributed by atoms with E-state index < -0.39 is 5.97 Å². The highest BCUT2D eigenvalue weighted by atomic mass is 16.4. The molecule has 0 rings (SSSR count). The summed E-state index contributed by atoms with van der Waals surface area (Å²) in [5.41, 5.74) is 0. The Labute approximate surface area is 55.2 Å². The first-order chi connectivity index (χ1) is 4.18. The predicted octanol–water partition coefficient (Wildman–Crippen LogP) is 1.67. The Hall–Kier alpha value is -0.790. The number of carboxylic acid groups (broad SMARTS) is 1. The van der Waals surface area contributed by atoms with E-state index >= 15 is 0 Å². The Bertz CT molecular complexity index is 116. The number of hydrogen-bond acceptors (Lipinski definition) is 1. The molecule has 0 spiro atoms. The molecular formula is C7H12O2. The van der Waals surface area contributed by atoms with E-state index in [4.69, 9.17) is 5.11 Å². The lowest BCUT2D eigenvalue weighted by Gasteiger charge is -1.94. The minimum Gasteiger partial charge on any atom is -0.481 e. The molecule has 0 radical (unpaired) electrons. The van der Waals surface area contributed by atoms with Gasteiger partial charge >= 0.3 is 5.97 Å². The molecular weight excluding hydrogens is 116 g/mol. The van der Waals surface area contributed by atoms with Crippen LogP contribution in [0.4, 0.5) is 0 Å². The highest BCUT2D eigenvalue weighted by Gasteiger charge is 2.03. The minimum atomic E-state index is -0.764. The van der Waals surface area contributed by atoms with Crippen molar-refractivity contribution in [1.82, 2.24) is 0 Å². The van der Waals surface area contributed by atoms with Crippen LogP contribution in [0.15, 0.2) is 12.2 Å². The van der Waals surface area contributed by atoms with Crippen LogP contribution in [0.2, 0.25) is 0 Å². The van der Waals surface area contributed by atoms with Gasteiger partial charge in [0.2, 0.25) is 0 Å². The van der Waals surface area contributed by atoms with Crippen molar-refractivity contribution in [2.24, 2.45) is 5.92 Å². The van der Waals surface area contributed by atoms with Crippen molar-refractivity contribution in [3.8, 4) is 0 Å². The van der Waals surface area contributed by atoms with Crippen molar-refractivity contribution in [2.45, 2.75) is 20.3 Å². The standard InChI is InChI=1S/C7H12O2/c1-3-4-5-6(2)7(8)9/h4-6H,3H2,1-2H3,(H,8,9)/b5-4+/t6-/m1/s1. The smallest absolute Gasteiger partial charge is 0.310 e. The summed E-state index contributed by atoms with van der Waals surface area (Å²) in [4.78, 5) is 10.2. The Morgan fingerprint density at radius 1 is 1.78 bits per heavy atom. The zero-order valence-electron chi connectivity index (χ0n) is 5.79. The maximum absolute atomic E-state index is 10.2. The van der Waals surface area contributed by atoms with Crippen molar-refractivity contribution < 1.29 is 9.90 Å². The van der Waals surface area contributed by atoms with E-state index in [1.807, 2.05) is 13.0 Å². The summed E-state index contributed by atoms with van der Waals surface area (Å²) in [6.45, 7) is 3.64. The Balaban J connectivity index is 3.62. The van der Waals surface area contributed by atoms with Gasteiger partial charge in [-0.15, -0.1) is 0 Å². The van der Waals surface area contributed by atoms with Crippen LogP contribution in [-0.4, -0.2) is 11.1 Å². The highest BCUT2D eigenvalue weighted by Crippen LogP contribution is 1.96. The molecule has 0 fully saturated rings. The molecule has 0 heterocycles. The molecule has 0 aliphatic carbocycles. The molecule has 0 saturated carbocycles. The Morgan fingerprint density at radius 3 is 2.67 bits per heavy atom. The number of carboxylic acids is 1. The summed E-state index contributed by atoms with van der Waals surface area (Å²) in [6.07, 6.45) is 4.46. The van der Waals surface area contributed by atoms with Gasteiger partial charge < -0.3 is 5.11 Å². The lowest BCUT2D eigenvalue weighted by molar-refractivity contribution is -0.139. The van der Waals surface area contributed by atoms with Crippen LogP contribution in [0, 0.1) is 5.92 Å². The lowest BCUT2D eigenvalue weighted by atomic mass is 10.1. The molecule has 1 atom stereocenters. The largest absolute Gasteiger partial charge is 0.481 e. The third-order valence-corrected chi connectivity index (χ3v) is 1.05. The van der Waals surface area contributed by atoms with E-state index in [0.717, 1.165) is 6.42 Å². The topological polar surface area (TPSA) is 37.3 Å². The first kappa shape index (κ1) is 8.21. The molecule has 0 aromatic heterocycles. The van der Waals surface area contributed by atoms with E-state index in [2.05, 4.69) is 0 Å². The van der Waals surface area contributed by atoms with Crippen LogP contribution in [0.25, 0.3) is 0 Å². The Kier molecular flexibility index (Phi) is 3.76. The van der Waals surface area contributed by atoms with Gasteiger partial charge in [-0.25, -0.2) is 0 Å². The van der Waals surface area contributed by atoms with Gasteiger partial charge in [0.1, 0.15) is 0 Å². The fourth-order valence-corrected chi connectivity index (χ4v) is 0.423. The number of carbonyl (C=O) groups is 1. The molecule has 0 aromatic carbocycles. The molecule has 0 aliphatic heterocycles. The van der Waals surface area contributed by atoms with E-state index in [1.54, 1.807) is 13.0 Å². The molecule has 0 saturated heterocycles. The van der Waals surface area contributed by atoms with Gasteiger partial charge in [0.25, 0.3) is 0 Å². The predicted molar refractivity (Wildman–Crippen MR) is 36.2 cm³/mol. The van der Waals surface area contributed by atoms with Crippen molar-refractivity contribution in [2.75, 3.05) is 0 Å². The van der Waals surface area contributed by atoms with Crippen molar-refractivity contribution in [3.63, 3.8) is 0 Å². The second-order valence-electron chi connectivity index (χ2n) is 1.96. The second-order valence-corrected chi connectivity index (χ2v) is 1.96. The average molecular weight is 128 g/mol. The van der Waals surface area contributed by atoms with Gasteiger partial charge in [-0.1, -0.05) is 19.1 Å². The lowest BCUT2D eigenvalue weighted by Crippen LogP contribution is -2.05. The fourth-order valence-electron chi connectivity index (χ4n) is 0.423. The molecule has 0 bridgehead atoms. The van der Waals surface area contributed by atoms with Gasteiger partial charge in [-0.2, -0.15) is 0 Å². The number of hydrogen-bond donors (Lipinski definition) is 1. The fraction of sp³-hybridized carbons (Fsp3) is 0.571. The first-order valence-electron chi connectivity index (χ1n) is 3.08. The summed E-state index contributed by atoms with van der Waals surface area (Å²) in [5.74, 6) is -1.11. The number of rotatable bonds is 3. The summed E-state index contributed by atoms with van der Waals surface area (Å²) in [5, 5.41) is 8.36. The van der Waals surface area contributed by atoms with E-state index in [9.17, 15) is 4.79 Å².